The van der Waals surface area contributed by atoms with Crippen LogP contribution in [0.15, 0.2) is 136 Å². The molecule has 0 aliphatic heterocycles. The molecule has 0 aliphatic carbocycles. The number of nitrogens with one attached hydrogen (secondary N) is 3. The molecule has 11 heteroatoms. The van der Waals surface area contributed by atoms with Crippen molar-refractivity contribution in [1.82, 2.24) is 10.3 Å². The lowest BCUT2D eigenvalue weighted by molar-refractivity contribution is -0.115. The minimum absolute atomic E-state index is 0.0585. The molecule has 0 saturated heterocycles. The lowest BCUT2D eigenvalue weighted by atomic mass is 10.1. The van der Waals surface area contributed by atoms with E-state index in [4.69, 9.17) is 27.6 Å². The third kappa shape index (κ3) is 8.39. The molecule has 0 radical (unpaired) electrons. The van der Waals surface area contributed by atoms with E-state index in [0.29, 0.717) is 44.0 Å². The van der Waals surface area contributed by atoms with E-state index in [0.717, 1.165) is 16.0 Å². The van der Waals surface area contributed by atoms with Crippen LogP contribution in [-0.2, 0) is 9.59 Å². The van der Waals surface area contributed by atoms with Crippen LogP contribution in [0.1, 0.15) is 22.8 Å². The van der Waals surface area contributed by atoms with Crippen LogP contribution in [0.5, 0.6) is 0 Å². The summed E-state index contributed by atoms with van der Waals surface area (Å²) in [6.07, 6.45) is 1.44. The third-order valence-corrected chi connectivity index (χ3v) is 9.04. The lowest BCUT2D eigenvalue weighted by Gasteiger charge is -2.14. The van der Waals surface area contributed by atoms with Crippen LogP contribution in [0.25, 0.3) is 28.6 Å². The fourth-order valence-corrected chi connectivity index (χ4v) is 6.21. The molecule has 3 N–H and O–H groups in total. The molecule has 5 aromatic carbocycles. The SMILES string of the molecule is CC(Sc1cccc(NC(=O)/C(=C\c2c(Cl)cccc2Cl)NC(=O)c2ccccc2)c1)C(=O)Nc1ccc(-c2nc3ccccc3o2)cc1. The van der Waals surface area contributed by atoms with E-state index < -0.39 is 17.1 Å². The number of nitrogens with zero attached hydrogens (tertiary/aromatic N) is 1. The van der Waals surface area contributed by atoms with Crippen molar-refractivity contribution in [3.05, 3.63) is 148 Å². The fourth-order valence-electron chi connectivity index (χ4n) is 4.77. The van der Waals surface area contributed by atoms with Gasteiger partial charge in [0.25, 0.3) is 11.8 Å². The van der Waals surface area contributed by atoms with Crippen LogP contribution in [0, 0.1) is 0 Å². The van der Waals surface area contributed by atoms with Crippen LogP contribution in [-0.4, -0.2) is 28.0 Å². The number of thioether (sulfide) groups is 1. The van der Waals surface area contributed by atoms with Gasteiger partial charge in [0, 0.05) is 43.0 Å². The van der Waals surface area contributed by atoms with E-state index in [-0.39, 0.29) is 11.6 Å². The number of amides is 3. The first-order chi connectivity index (χ1) is 23.7. The molecule has 6 aromatic rings. The first-order valence-corrected chi connectivity index (χ1v) is 16.7. The van der Waals surface area contributed by atoms with Gasteiger partial charge in [-0.1, -0.05) is 65.7 Å². The van der Waals surface area contributed by atoms with Crippen LogP contribution in [0.2, 0.25) is 10.0 Å². The second-order valence-electron chi connectivity index (χ2n) is 10.8. The smallest absolute Gasteiger partial charge is 0.272 e. The molecule has 1 aromatic heterocycles. The minimum atomic E-state index is -0.588. The Morgan fingerprint density at radius 2 is 1.47 bits per heavy atom. The van der Waals surface area contributed by atoms with Crippen LogP contribution in [0.4, 0.5) is 11.4 Å². The second-order valence-corrected chi connectivity index (χ2v) is 13.0. The molecular formula is C38H28Cl2N4O4S. The maximum atomic E-state index is 13.6. The number of halogens is 2. The Labute approximate surface area is 296 Å². The van der Waals surface area contributed by atoms with Crippen LogP contribution < -0.4 is 16.0 Å². The molecule has 3 amide bonds. The quantitative estimate of drug-likeness (QED) is 0.0967. The highest BCUT2D eigenvalue weighted by Gasteiger charge is 2.19. The summed E-state index contributed by atoms with van der Waals surface area (Å²) in [5.41, 5.74) is 4.07. The van der Waals surface area contributed by atoms with Gasteiger partial charge in [-0.2, -0.15) is 0 Å². The Hall–Kier alpha value is -5.35. The van der Waals surface area contributed by atoms with Crippen molar-refractivity contribution in [1.29, 1.82) is 0 Å². The molecular weight excluding hydrogens is 679 g/mol. The number of hydrogen-bond donors (Lipinski definition) is 3. The standard InChI is InChI=1S/C38H28Cl2N4O4S/c1-23(35(45)41-26-19-17-25(18-20-26)38-44-32-15-5-6-16-34(32)48-38)49-28-12-7-11-27(21-28)42-37(47)33(22-29-30(39)13-8-14-31(29)40)43-36(46)24-9-3-2-4-10-24/h2-23H,1H3,(H,41,45)(H,42,47)(H,43,46)/b33-22+. The average molecular weight is 708 g/mol. The van der Waals surface area contributed by atoms with Gasteiger partial charge in [-0.25, -0.2) is 4.98 Å². The summed E-state index contributed by atoms with van der Waals surface area (Å²) >= 11 is 14.1. The molecule has 8 nitrogen and oxygen atoms in total. The molecule has 6 rings (SSSR count). The monoisotopic (exact) mass is 706 g/mol. The molecule has 0 fully saturated rings. The van der Waals surface area contributed by atoms with Crippen molar-refractivity contribution in [3.63, 3.8) is 0 Å². The van der Waals surface area contributed by atoms with E-state index >= 15 is 0 Å². The zero-order valence-corrected chi connectivity index (χ0v) is 28.3. The summed E-state index contributed by atoms with van der Waals surface area (Å²) in [4.78, 5) is 44.9. The number of hydrogen-bond acceptors (Lipinski definition) is 6. The largest absolute Gasteiger partial charge is 0.436 e. The maximum Gasteiger partial charge on any atom is 0.272 e. The van der Waals surface area contributed by atoms with Crippen LogP contribution >= 0.6 is 35.0 Å². The van der Waals surface area contributed by atoms with Gasteiger partial charge < -0.3 is 20.4 Å². The highest BCUT2D eigenvalue weighted by atomic mass is 35.5. The normalized spacial score (nSPS) is 11.9. The number of fused-ring (bicyclic) bond motifs is 1. The predicted octanol–water partition coefficient (Wildman–Crippen LogP) is 9.33. The average Bonchev–Trinajstić information content (AvgIpc) is 3.55. The molecule has 0 bridgehead atoms. The van der Waals surface area contributed by atoms with E-state index in [1.165, 1.54) is 17.8 Å². The Bertz CT molecular complexity index is 2130. The number of rotatable bonds is 10. The predicted molar refractivity (Wildman–Crippen MR) is 197 cm³/mol. The number of para-hydroxylation sites is 2. The van der Waals surface area contributed by atoms with E-state index in [1.807, 2.05) is 42.5 Å². The van der Waals surface area contributed by atoms with Gasteiger partial charge in [-0.3, -0.25) is 14.4 Å². The topological polar surface area (TPSA) is 113 Å². The molecule has 0 aliphatic rings. The molecule has 0 saturated carbocycles. The number of oxazole rings is 1. The molecule has 1 heterocycles. The van der Waals surface area contributed by atoms with Crippen molar-refractivity contribution >= 4 is 81.2 Å². The van der Waals surface area contributed by atoms with Crippen LogP contribution in [0.3, 0.4) is 0 Å². The molecule has 1 atom stereocenters. The highest BCUT2D eigenvalue weighted by Crippen LogP contribution is 2.30. The zero-order chi connectivity index (χ0) is 34.3. The Morgan fingerprint density at radius 3 is 2.20 bits per heavy atom. The van der Waals surface area contributed by atoms with Gasteiger partial charge in [0.15, 0.2) is 5.58 Å². The Kier molecular flexibility index (Phi) is 10.4. The summed E-state index contributed by atoms with van der Waals surface area (Å²) in [5, 5.41) is 8.63. The van der Waals surface area contributed by atoms with Gasteiger partial charge in [-0.05, 0) is 91.9 Å². The Morgan fingerprint density at radius 1 is 0.776 bits per heavy atom. The Balaban J connectivity index is 1.12. The zero-order valence-electron chi connectivity index (χ0n) is 25.9. The molecule has 244 valence electrons. The highest BCUT2D eigenvalue weighted by molar-refractivity contribution is 8.00. The minimum Gasteiger partial charge on any atom is -0.436 e. The van der Waals surface area contributed by atoms with Gasteiger partial charge in [0.2, 0.25) is 11.8 Å². The van der Waals surface area contributed by atoms with Gasteiger partial charge in [0.05, 0.1) is 5.25 Å². The van der Waals surface area contributed by atoms with Crippen molar-refractivity contribution < 1.29 is 18.8 Å². The summed E-state index contributed by atoms with van der Waals surface area (Å²) in [5.74, 6) is -0.756. The van der Waals surface area contributed by atoms with Crippen molar-refractivity contribution in [2.24, 2.45) is 0 Å². The molecule has 0 spiro atoms. The lowest BCUT2D eigenvalue weighted by Crippen LogP contribution is -2.30. The van der Waals surface area contributed by atoms with Gasteiger partial charge in [0.1, 0.15) is 11.2 Å². The number of aromatic nitrogens is 1. The second kappa shape index (κ2) is 15.3. The third-order valence-electron chi connectivity index (χ3n) is 7.28. The number of carbonyl (C=O) groups is 3. The summed E-state index contributed by atoms with van der Waals surface area (Å²) < 4.78 is 5.84. The summed E-state index contributed by atoms with van der Waals surface area (Å²) in [6, 6.07) is 35.4. The van der Waals surface area contributed by atoms with Gasteiger partial charge >= 0.3 is 0 Å². The number of carbonyl (C=O) groups excluding carboxylic acids is 3. The number of benzene rings is 5. The fraction of sp³-hybridized carbons (Fsp3) is 0.0526. The summed E-state index contributed by atoms with van der Waals surface area (Å²) in [7, 11) is 0. The van der Waals surface area contributed by atoms with Crippen molar-refractivity contribution in [3.8, 4) is 11.5 Å². The summed E-state index contributed by atoms with van der Waals surface area (Å²) in [6.45, 7) is 1.80. The first-order valence-electron chi connectivity index (χ1n) is 15.1. The van der Waals surface area contributed by atoms with E-state index in [1.54, 1.807) is 85.8 Å². The molecule has 49 heavy (non-hydrogen) atoms. The molecule has 1 unspecified atom stereocenters. The van der Waals surface area contributed by atoms with E-state index in [9.17, 15) is 14.4 Å². The maximum absolute atomic E-state index is 13.6. The first kappa shape index (κ1) is 33.5. The van der Waals surface area contributed by atoms with E-state index in [2.05, 4.69) is 20.9 Å². The number of anilines is 2. The van der Waals surface area contributed by atoms with Crippen molar-refractivity contribution in [2.75, 3.05) is 10.6 Å². The van der Waals surface area contributed by atoms with Crippen molar-refractivity contribution in [2.45, 2.75) is 17.1 Å². The van der Waals surface area contributed by atoms with Gasteiger partial charge in [-0.15, -0.1) is 11.8 Å².